The van der Waals surface area contributed by atoms with Gasteiger partial charge in [0.2, 0.25) is 5.88 Å². The van der Waals surface area contributed by atoms with Crippen LogP contribution in [0.5, 0.6) is 5.88 Å². The van der Waals surface area contributed by atoms with Gasteiger partial charge < -0.3 is 20.8 Å². The van der Waals surface area contributed by atoms with Crippen LogP contribution in [0.1, 0.15) is 52.1 Å². The number of nitrogens with zero attached hydrogens (tertiary/aromatic N) is 4. The summed E-state index contributed by atoms with van der Waals surface area (Å²) < 4.78 is 6.52. The number of hydrogen-bond acceptors (Lipinski definition) is 7. The van der Waals surface area contributed by atoms with Crippen LogP contribution in [0.15, 0.2) is 36.7 Å². The number of rotatable bonds is 8. The van der Waals surface area contributed by atoms with Crippen LogP contribution in [-0.2, 0) is 0 Å². The van der Waals surface area contributed by atoms with Gasteiger partial charge in [-0.3, -0.25) is 14.7 Å². The van der Waals surface area contributed by atoms with E-state index in [4.69, 9.17) is 21.7 Å². The number of amides is 2. The van der Waals surface area contributed by atoms with Crippen molar-refractivity contribution in [1.82, 2.24) is 30.3 Å². The summed E-state index contributed by atoms with van der Waals surface area (Å²) in [7, 11) is 1.43. The van der Waals surface area contributed by atoms with Crippen molar-refractivity contribution in [1.29, 1.82) is 5.41 Å². The summed E-state index contributed by atoms with van der Waals surface area (Å²) in [5, 5.41) is 26.3. The molecule has 12 heteroatoms. The number of aromatic amines is 1. The van der Waals surface area contributed by atoms with E-state index in [0.717, 1.165) is 31.9 Å². The Hall–Kier alpha value is -4.25. The molecule has 0 aliphatic heterocycles. The van der Waals surface area contributed by atoms with Gasteiger partial charge in [0.25, 0.3) is 11.8 Å². The molecule has 3 heterocycles. The van der Waals surface area contributed by atoms with Crippen molar-refractivity contribution in [2.45, 2.75) is 31.2 Å². The molecule has 37 heavy (non-hydrogen) atoms. The number of carbonyl (C=O) groups excluding carboxylic acids is 2. The van der Waals surface area contributed by atoms with E-state index in [-0.39, 0.29) is 45.1 Å². The van der Waals surface area contributed by atoms with Crippen molar-refractivity contribution in [2.75, 3.05) is 12.4 Å². The Balaban J connectivity index is 1.43. The maximum atomic E-state index is 13.7. The van der Waals surface area contributed by atoms with Gasteiger partial charge in [0.1, 0.15) is 5.69 Å². The molecule has 1 aromatic carbocycles. The first-order chi connectivity index (χ1) is 17.9. The van der Waals surface area contributed by atoms with Gasteiger partial charge >= 0.3 is 0 Å². The van der Waals surface area contributed by atoms with E-state index in [2.05, 4.69) is 30.9 Å². The summed E-state index contributed by atoms with van der Waals surface area (Å²) >= 11 is 6.32. The number of aromatic nitrogens is 5. The van der Waals surface area contributed by atoms with Crippen LogP contribution >= 0.6 is 11.6 Å². The lowest BCUT2D eigenvalue weighted by Crippen LogP contribution is -2.39. The van der Waals surface area contributed by atoms with Crippen molar-refractivity contribution in [2.24, 2.45) is 5.92 Å². The first-order valence-electron chi connectivity index (χ1n) is 11.8. The Morgan fingerprint density at radius 1 is 1.30 bits per heavy atom. The Labute approximate surface area is 216 Å². The number of hydrogen-bond donors (Lipinski definition) is 4. The smallest absolute Gasteiger partial charge is 0.274 e. The average Bonchev–Trinajstić information content (AvgIpc) is 3.80. The Morgan fingerprint density at radius 2 is 2.11 bits per heavy atom. The highest BCUT2D eigenvalue weighted by Gasteiger charge is 2.55. The zero-order valence-electron chi connectivity index (χ0n) is 19.8. The van der Waals surface area contributed by atoms with Crippen LogP contribution in [0.2, 0.25) is 5.02 Å². The van der Waals surface area contributed by atoms with E-state index >= 15 is 0 Å². The second-order valence-corrected chi connectivity index (χ2v) is 9.73. The quantitative estimate of drug-likeness (QED) is 0.261. The lowest BCUT2D eigenvalue weighted by Gasteiger charge is -2.20. The van der Waals surface area contributed by atoms with E-state index in [1.807, 2.05) is 0 Å². The molecule has 6 rings (SSSR count). The highest BCUT2D eigenvalue weighted by atomic mass is 35.5. The van der Waals surface area contributed by atoms with Gasteiger partial charge in [0.05, 0.1) is 35.1 Å². The molecule has 4 N–H and O–H groups in total. The molecule has 4 aromatic rings. The monoisotopic (exact) mass is 518 g/mol. The first kappa shape index (κ1) is 23.2. The highest BCUT2D eigenvalue weighted by molar-refractivity contribution is 6.32. The summed E-state index contributed by atoms with van der Waals surface area (Å²) in [6.45, 7) is 0. The second-order valence-electron chi connectivity index (χ2n) is 9.33. The number of anilines is 1. The van der Waals surface area contributed by atoms with Crippen LogP contribution in [0.4, 0.5) is 5.69 Å². The molecule has 2 amide bonds. The molecule has 2 saturated carbocycles. The standard InChI is InChI=1S/C25H23ClN8O3/c1-37-18-10-17(34(33-18)22-16(26)3-2-8-28-22)23(35)30-20-13(11-27)9-14-12-29-32-21(14)19(20)24(36)31-25(6-7-25)15-4-5-15/h2-3,8-12,15,27H,4-7H2,1H3,(H,29,32)(H,30,35)(H,31,36). The van der Waals surface area contributed by atoms with E-state index < -0.39 is 5.91 Å². The van der Waals surface area contributed by atoms with Crippen LogP contribution in [0.3, 0.4) is 0 Å². The fraction of sp³-hybridized carbons (Fsp3) is 0.280. The van der Waals surface area contributed by atoms with Gasteiger partial charge in [-0.15, -0.1) is 5.10 Å². The molecule has 0 bridgehead atoms. The van der Waals surface area contributed by atoms with Crippen LogP contribution < -0.4 is 15.4 Å². The third-order valence-corrected chi connectivity index (χ3v) is 7.26. The number of fused-ring (bicyclic) bond motifs is 1. The number of nitrogens with one attached hydrogen (secondary N) is 4. The number of ether oxygens (including phenoxy) is 1. The number of halogens is 1. The molecule has 0 radical (unpaired) electrons. The van der Waals surface area contributed by atoms with Crippen LogP contribution in [0, 0.1) is 11.3 Å². The van der Waals surface area contributed by atoms with Crippen LogP contribution in [-0.4, -0.2) is 55.6 Å². The van der Waals surface area contributed by atoms with E-state index in [0.29, 0.717) is 22.4 Å². The van der Waals surface area contributed by atoms with Gasteiger partial charge in [-0.1, -0.05) is 11.6 Å². The fourth-order valence-corrected chi connectivity index (χ4v) is 4.98. The minimum atomic E-state index is -0.586. The van der Waals surface area contributed by atoms with Gasteiger partial charge in [0, 0.05) is 35.0 Å². The third-order valence-electron chi connectivity index (χ3n) is 6.97. The minimum absolute atomic E-state index is 0.0843. The Kier molecular flexibility index (Phi) is 5.45. The predicted molar refractivity (Wildman–Crippen MR) is 137 cm³/mol. The van der Waals surface area contributed by atoms with Crippen molar-refractivity contribution < 1.29 is 14.3 Å². The van der Waals surface area contributed by atoms with Gasteiger partial charge in [-0.25, -0.2) is 9.67 Å². The summed E-state index contributed by atoms with van der Waals surface area (Å²) in [6.07, 6.45) is 8.29. The van der Waals surface area contributed by atoms with Crippen molar-refractivity contribution in [3.63, 3.8) is 0 Å². The molecule has 2 aliphatic carbocycles. The maximum absolute atomic E-state index is 13.7. The summed E-state index contributed by atoms with van der Waals surface area (Å²) in [4.78, 5) is 31.6. The molecule has 2 aliphatic rings. The normalized spacial score (nSPS) is 15.8. The zero-order valence-corrected chi connectivity index (χ0v) is 20.6. The first-order valence-corrected chi connectivity index (χ1v) is 12.2. The third kappa shape index (κ3) is 4.01. The Bertz CT molecular complexity index is 1570. The van der Waals surface area contributed by atoms with E-state index in [1.54, 1.807) is 24.4 Å². The van der Waals surface area contributed by atoms with Crippen molar-refractivity contribution >= 4 is 46.2 Å². The molecule has 3 aromatic heterocycles. The largest absolute Gasteiger partial charge is 0.480 e. The molecule has 2 fully saturated rings. The summed E-state index contributed by atoms with van der Waals surface area (Å²) in [6, 6.07) is 6.45. The van der Waals surface area contributed by atoms with E-state index in [9.17, 15) is 9.59 Å². The number of benzene rings is 1. The van der Waals surface area contributed by atoms with Gasteiger partial charge in [0.15, 0.2) is 5.82 Å². The van der Waals surface area contributed by atoms with Crippen molar-refractivity contribution in [3.05, 3.63) is 58.5 Å². The molecule has 188 valence electrons. The minimum Gasteiger partial charge on any atom is -0.480 e. The second kappa shape index (κ2) is 8.70. The zero-order chi connectivity index (χ0) is 25.7. The number of carbonyl (C=O) groups is 2. The van der Waals surface area contributed by atoms with E-state index in [1.165, 1.54) is 24.1 Å². The molecule has 0 spiro atoms. The Morgan fingerprint density at radius 3 is 2.78 bits per heavy atom. The van der Waals surface area contributed by atoms with Gasteiger partial charge in [-0.05, 0) is 49.8 Å². The summed E-state index contributed by atoms with van der Waals surface area (Å²) in [5.41, 5.74) is 1.15. The number of methoxy groups -OCH3 is 1. The fourth-order valence-electron chi connectivity index (χ4n) is 4.78. The lowest BCUT2D eigenvalue weighted by molar-refractivity contribution is 0.0928. The lowest BCUT2D eigenvalue weighted by atomic mass is 10.0. The average molecular weight is 519 g/mol. The molecular weight excluding hydrogens is 496 g/mol. The SMILES string of the molecule is COc1cc(C(=O)Nc2c(C=N)cc3cn[nH]c3c2C(=O)NC2(C3CC3)CC2)n(-c2ncccc2Cl)n1. The molecule has 0 saturated heterocycles. The number of pyridine rings is 1. The molecule has 0 atom stereocenters. The van der Waals surface area contributed by atoms with Crippen LogP contribution in [0.25, 0.3) is 16.7 Å². The predicted octanol–water partition coefficient (Wildman–Crippen LogP) is 3.73. The highest BCUT2D eigenvalue weighted by Crippen LogP contribution is 2.54. The van der Waals surface area contributed by atoms with Gasteiger partial charge in [-0.2, -0.15) is 5.10 Å². The topological polar surface area (TPSA) is 151 Å². The molecular formula is C25H23ClN8O3. The molecule has 11 nitrogen and oxygen atoms in total. The van der Waals surface area contributed by atoms with Crippen molar-refractivity contribution in [3.8, 4) is 11.7 Å². The molecule has 0 unspecified atom stereocenters. The summed E-state index contributed by atoms with van der Waals surface area (Å²) in [5.74, 6) is 0.00390. The maximum Gasteiger partial charge on any atom is 0.274 e. The number of H-pyrrole nitrogens is 1.